The Morgan fingerprint density at radius 3 is 2.48 bits per heavy atom. The molecule has 2 rings (SSSR count). The van der Waals surface area contributed by atoms with E-state index in [9.17, 15) is 4.79 Å². The molecule has 0 heterocycles. The topological polar surface area (TPSA) is 46.3 Å². The van der Waals surface area contributed by atoms with E-state index in [1.54, 1.807) is 0 Å². The zero-order valence-electron chi connectivity index (χ0n) is 13.5. The van der Waals surface area contributed by atoms with Gasteiger partial charge in [-0.2, -0.15) is 0 Å². The van der Waals surface area contributed by atoms with Gasteiger partial charge in [0.2, 0.25) is 5.91 Å². The molecule has 0 aromatic carbocycles. The second-order valence-corrected chi connectivity index (χ2v) is 7.68. The number of carbonyl (C=O) groups is 1. The Morgan fingerprint density at radius 2 is 1.86 bits per heavy atom. The maximum absolute atomic E-state index is 12.9. The molecule has 2 aliphatic rings. The van der Waals surface area contributed by atoms with Crippen LogP contribution in [0, 0.1) is 17.8 Å². The second-order valence-electron chi connectivity index (χ2n) is 7.16. The van der Waals surface area contributed by atoms with Crippen molar-refractivity contribution in [1.82, 2.24) is 4.90 Å². The zero-order chi connectivity index (χ0) is 15.4. The van der Waals surface area contributed by atoms with Gasteiger partial charge >= 0.3 is 0 Å². The largest absolute Gasteiger partial charge is 0.393 e. The highest BCUT2D eigenvalue weighted by atomic mass is 32.1. The number of hydrogen-bond acceptors (Lipinski definition) is 2. The number of rotatable bonds is 5. The smallest absolute Gasteiger partial charge is 0.225 e. The summed E-state index contributed by atoms with van der Waals surface area (Å²) >= 11 is 4.96. The van der Waals surface area contributed by atoms with E-state index in [2.05, 4.69) is 13.8 Å². The minimum absolute atomic E-state index is 0.232. The minimum Gasteiger partial charge on any atom is -0.393 e. The minimum atomic E-state index is 0.232. The maximum Gasteiger partial charge on any atom is 0.225 e. The summed E-state index contributed by atoms with van der Waals surface area (Å²) in [5, 5.41) is 0. The Balaban J connectivity index is 1.95. The molecular weight excluding hydrogens is 280 g/mol. The van der Waals surface area contributed by atoms with Crippen LogP contribution in [0.1, 0.15) is 65.2 Å². The van der Waals surface area contributed by atoms with Crippen LogP contribution >= 0.6 is 12.2 Å². The first-order chi connectivity index (χ1) is 9.99. The van der Waals surface area contributed by atoms with Crippen molar-refractivity contribution in [3.8, 4) is 0 Å². The van der Waals surface area contributed by atoms with Crippen LogP contribution in [0.4, 0.5) is 0 Å². The van der Waals surface area contributed by atoms with Crippen LogP contribution in [-0.4, -0.2) is 28.4 Å². The third-order valence-corrected chi connectivity index (χ3v) is 5.60. The Morgan fingerprint density at radius 1 is 1.19 bits per heavy atom. The lowest BCUT2D eigenvalue weighted by Crippen LogP contribution is -2.44. The fraction of sp³-hybridized carbons (Fsp3) is 0.882. The number of fused-ring (bicyclic) bond motifs is 1. The molecule has 2 saturated carbocycles. The molecule has 120 valence electrons. The molecule has 3 nitrogen and oxygen atoms in total. The van der Waals surface area contributed by atoms with Crippen molar-refractivity contribution in [2.45, 2.75) is 71.3 Å². The van der Waals surface area contributed by atoms with E-state index in [4.69, 9.17) is 18.0 Å². The molecular formula is C17H30N2OS. The van der Waals surface area contributed by atoms with Crippen LogP contribution in [0.5, 0.6) is 0 Å². The molecule has 0 aliphatic heterocycles. The van der Waals surface area contributed by atoms with Crippen molar-refractivity contribution >= 4 is 23.1 Å². The molecule has 0 bridgehead atoms. The SMILES string of the molecule is CC(C)N(CCC(N)=S)C(=O)C1CCC2CCCCC2C1. The van der Waals surface area contributed by atoms with Crippen LogP contribution in [0.25, 0.3) is 0 Å². The number of hydrogen-bond donors (Lipinski definition) is 1. The van der Waals surface area contributed by atoms with Gasteiger partial charge in [-0.15, -0.1) is 0 Å². The van der Waals surface area contributed by atoms with Gasteiger partial charge in [-0.3, -0.25) is 4.79 Å². The van der Waals surface area contributed by atoms with E-state index in [0.29, 0.717) is 23.9 Å². The van der Waals surface area contributed by atoms with Gasteiger partial charge < -0.3 is 10.6 Å². The Kier molecular flexibility index (Phi) is 6.03. The highest BCUT2D eigenvalue weighted by Gasteiger charge is 2.36. The first kappa shape index (κ1) is 16.7. The predicted molar refractivity (Wildman–Crippen MR) is 91.0 cm³/mol. The highest BCUT2D eigenvalue weighted by molar-refractivity contribution is 7.80. The first-order valence-corrected chi connectivity index (χ1v) is 8.98. The normalized spacial score (nSPS) is 29.0. The number of amides is 1. The van der Waals surface area contributed by atoms with Gasteiger partial charge in [0.05, 0.1) is 4.99 Å². The lowest BCUT2D eigenvalue weighted by molar-refractivity contribution is -0.139. The number of nitrogens with zero attached hydrogens (tertiary/aromatic N) is 1. The summed E-state index contributed by atoms with van der Waals surface area (Å²) in [5.41, 5.74) is 5.60. The molecule has 0 radical (unpaired) electrons. The van der Waals surface area contributed by atoms with Gasteiger partial charge in [0.25, 0.3) is 0 Å². The van der Waals surface area contributed by atoms with Gasteiger partial charge in [0, 0.05) is 24.9 Å². The number of thiocarbonyl (C=S) groups is 1. The molecule has 0 aromatic heterocycles. The van der Waals surface area contributed by atoms with E-state index in [0.717, 1.165) is 24.7 Å². The van der Waals surface area contributed by atoms with Gasteiger partial charge in [-0.25, -0.2) is 0 Å². The molecule has 0 saturated heterocycles. The van der Waals surface area contributed by atoms with Crippen LogP contribution in [0.15, 0.2) is 0 Å². The third-order valence-electron chi connectivity index (χ3n) is 5.39. The molecule has 0 aromatic rings. The van der Waals surface area contributed by atoms with Crippen LogP contribution in [0.2, 0.25) is 0 Å². The zero-order valence-corrected chi connectivity index (χ0v) is 14.3. The van der Waals surface area contributed by atoms with Gasteiger partial charge in [-0.05, 0) is 44.9 Å². The van der Waals surface area contributed by atoms with Crippen molar-refractivity contribution < 1.29 is 4.79 Å². The average Bonchev–Trinajstić information content (AvgIpc) is 2.46. The molecule has 4 heteroatoms. The number of nitrogens with two attached hydrogens (primary N) is 1. The molecule has 1 amide bonds. The molecule has 2 aliphatic carbocycles. The van der Waals surface area contributed by atoms with E-state index >= 15 is 0 Å². The summed E-state index contributed by atoms with van der Waals surface area (Å²) in [6.45, 7) is 4.85. The quantitative estimate of drug-likeness (QED) is 0.791. The maximum atomic E-state index is 12.9. The fourth-order valence-electron chi connectivity index (χ4n) is 4.19. The first-order valence-electron chi connectivity index (χ1n) is 8.57. The van der Waals surface area contributed by atoms with Crippen LogP contribution in [-0.2, 0) is 4.79 Å². The monoisotopic (exact) mass is 310 g/mol. The van der Waals surface area contributed by atoms with Gasteiger partial charge in [0.15, 0.2) is 0 Å². The van der Waals surface area contributed by atoms with Crippen LogP contribution < -0.4 is 5.73 Å². The molecule has 3 unspecified atom stereocenters. The summed E-state index contributed by atoms with van der Waals surface area (Å²) in [7, 11) is 0. The highest BCUT2D eigenvalue weighted by Crippen LogP contribution is 2.43. The van der Waals surface area contributed by atoms with Crippen molar-refractivity contribution in [2.75, 3.05) is 6.54 Å². The van der Waals surface area contributed by atoms with Crippen molar-refractivity contribution in [1.29, 1.82) is 0 Å². The predicted octanol–water partition coefficient (Wildman–Crippen LogP) is 3.51. The van der Waals surface area contributed by atoms with Gasteiger partial charge in [0.1, 0.15) is 0 Å². The summed E-state index contributed by atoms with van der Waals surface area (Å²) in [6.07, 6.45) is 9.56. The molecule has 0 spiro atoms. The molecule has 2 N–H and O–H groups in total. The summed E-state index contributed by atoms with van der Waals surface area (Å²) < 4.78 is 0. The van der Waals surface area contributed by atoms with Crippen molar-refractivity contribution in [3.63, 3.8) is 0 Å². The summed E-state index contributed by atoms with van der Waals surface area (Å²) in [6, 6.07) is 0.232. The Labute approximate surface area is 134 Å². The Hall–Kier alpha value is -0.640. The van der Waals surface area contributed by atoms with E-state index < -0.39 is 0 Å². The average molecular weight is 311 g/mol. The summed E-state index contributed by atoms with van der Waals surface area (Å²) in [5.74, 6) is 2.27. The molecule has 3 atom stereocenters. The van der Waals surface area contributed by atoms with Crippen LogP contribution in [0.3, 0.4) is 0 Å². The van der Waals surface area contributed by atoms with Crippen molar-refractivity contribution in [2.24, 2.45) is 23.5 Å². The third kappa shape index (κ3) is 4.41. The van der Waals surface area contributed by atoms with Crippen molar-refractivity contribution in [3.05, 3.63) is 0 Å². The molecule has 2 fully saturated rings. The number of carbonyl (C=O) groups excluding carboxylic acids is 1. The van der Waals surface area contributed by atoms with E-state index in [-0.39, 0.29) is 12.0 Å². The Bertz CT molecular complexity index is 383. The van der Waals surface area contributed by atoms with E-state index in [1.165, 1.54) is 32.1 Å². The second kappa shape index (κ2) is 7.57. The van der Waals surface area contributed by atoms with Gasteiger partial charge in [-0.1, -0.05) is 37.9 Å². The fourth-order valence-corrected chi connectivity index (χ4v) is 4.28. The molecule has 21 heavy (non-hydrogen) atoms. The standard InChI is InChI=1S/C17H30N2OS/c1-12(2)19(10-9-16(18)21)17(20)15-8-7-13-5-3-4-6-14(13)11-15/h12-15H,3-11H2,1-2H3,(H2,18,21). The van der Waals surface area contributed by atoms with E-state index in [1.807, 2.05) is 4.90 Å². The lowest BCUT2D eigenvalue weighted by Gasteiger charge is -2.40. The summed E-state index contributed by atoms with van der Waals surface area (Å²) in [4.78, 5) is 15.4. The lowest BCUT2D eigenvalue weighted by atomic mass is 9.67.